The van der Waals surface area contributed by atoms with Crippen LogP contribution in [0.2, 0.25) is 0 Å². The zero-order valence-electron chi connectivity index (χ0n) is 25.0. The molecule has 0 saturated heterocycles. The highest BCUT2D eigenvalue weighted by Crippen LogP contribution is 2.59. The minimum Gasteiger partial charge on any atom is -0.0651 e. The lowest BCUT2D eigenvalue weighted by Crippen LogP contribution is -2.45. The van der Waals surface area contributed by atoms with Crippen LogP contribution in [0.25, 0.3) is 0 Å². The van der Waals surface area contributed by atoms with Gasteiger partial charge in [-0.15, -0.1) is 0 Å². The van der Waals surface area contributed by atoms with Crippen LogP contribution >= 0.6 is 0 Å². The number of fused-ring (bicyclic) bond motifs is 1. The molecule has 3 aliphatic carbocycles. The second-order valence-electron chi connectivity index (χ2n) is 14.3. The van der Waals surface area contributed by atoms with E-state index in [0.717, 1.165) is 76.9 Å². The van der Waals surface area contributed by atoms with E-state index in [9.17, 15) is 0 Å². The Kier molecular flexibility index (Phi) is 10.9. The molecule has 0 radical (unpaired) electrons. The van der Waals surface area contributed by atoms with Gasteiger partial charge in [-0.05, 0) is 103 Å². The van der Waals surface area contributed by atoms with Gasteiger partial charge in [0.25, 0.3) is 0 Å². The topological polar surface area (TPSA) is 0 Å². The van der Waals surface area contributed by atoms with E-state index >= 15 is 0 Å². The largest absolute Gasteiger partial charge is 0.0651 e. The summed E-state index contributed by atoms with van der Waals surface area (Å²) in [5.74, 6) is 12.6. The van der Waals surface area contributed by atoms with E-state index in [1.807, 2.05) is 0 Å². The van der Waals surface area contributed by atoms with Crippen LogP contribution in [0.4, 0.5) is 0 Å². The Morgan fingerprint density at radius 3 is 2.00 bits per heavy atom. The quantitative estimate of drug-likeness (QED) is 0.277. The van der Waals surface area contributed by atoms with Gasteiger partial charge in [-0.1, -0.05) is 114 Å². The van der Waals surface area contributed by atoms with E-state index in [2.05, 4.69) is 62.3 Å². The first kappa shape index (κ1) is 28.6. The number of hydrogen-bond acceptors (Lipinski definition) is 0. The Labute approximate surface area is 216 Å². The fraction of sp³-hybridized carbons (Fsp3) is 1.00. The van der Waals surface area contributed by atoms with Gasteiger partial charge in [0.2, 0.25) is 0 Å². The first-order valence-corrected chi connectivity index (χ1v) is 16.2. The maximum Gasteiger partial charge on any atom is -0.0324 e. The third-order valence-corrected chi connectivity index (χ3v) is 12.6. The molecule has 3 rings (SSSR count). The molecule has 3 fully saturated rings. The Morgan fingerprint density at radius 2 is 1.35 bits per heavy atom. The molecule has 200 valence electrons. The van der Waals surface area contributed by atoms with Gasteiger partial charge < -0.3 is 0 Å². The van der Waals surface area contributed by atoms with Gasteiger partial charge in [-0.2, -0.15) is 0 Å². The van der Waals surface area contributed by atoms with Crippen LogP contribution in [0, 0.1) is 76.9 Å². The molecule has 0 aromatic carbocycles. The molecule has 0 heteroatoms. The van der Waals surface area contributed by atoms with E-state index < -0.39 is 0 Å². The molecule has 0 bridgehead atoms. The third kappa shape index (κ3) is 6.28. The van der Waals surface area contributed by atoms with E-state index in [1.165, 1.54) is 51.4 Å². The SMILES string of the molecule is CCC(C)C(C)CCC1CC(C2CC(C)C(C(CC)C(C)CC)C3C(C)CCC23)CCCC1C. The smallest absolute Gasteiger partial charge is 0.0324 e. The van der Waals surface area contributed by atoms with Gasteiger partial charge >= 0.3 is 0 Å². The number of hydrogen-bond donors (Lipinski definition) is 0. The van der Waals surface area contributed by atoms with E-state index in [-0.39, 0.29) is 0 Å². The molecule has 3 aliphatic rings. The average molecular weight is 473 g/mol. The van der Waals surface area contributed by atoms with Gasteiger partial charge in [-0.25, -0.2) is 0 Å². The van der Waals surface area contributed by atoms with Crippen LogP contribution in [0.15, 0.2) is 0 Å². The molecular weight excluding hydrogens is 408 g/mol. The summed E-state index contributed by atoms with van der Waals surface area (Å²) in [5.41, 5.74) is 0. The van der Waals surface area contributed by atoms with Crippen LogP contribution < -0.4 is 0 Å². The molecule has 0 aromatic rings. The second kappa shape index (κ2) is 13.0. The molecule has 0 heterocycles. The molecule has 34 heavy (non-hydrogen) atoms. The van der Waals surface area contributed by atoms with E-state index in [1.54, 1.807) is 25.7 Å². The van der Waals surface area contributed by atoms with E-state index in [4.69, 9.17) is 0 Å². The normalized spacial score (nSPS) is 42.4. The molecule has 0 aromatic heterocycles. The maximum absolute atomic E-state index is 2.69. The summed E-state index contributed by atoms with van der Waals surface area (Å²) < 4.78 is 0. The number of rotatable bonds is 10. The lowest BCUT2D eigenvalue weighted by Gasteiger charge is -2.52. The van der Waals surface area contributed by atoms with Crippen molar-refractivity contribution in [1.29, 1.82) is 0 Å². The van der Waals surface area contributed by atoms with Gasteiger partial charge in [0.15, 0.2) is 0 Å². The highest BCUT2D eigenvalue weighted by Gasteiger charge is 2.52. The molecule has 0 aliphatic heterocycles. The van der Waals surface area contributed by atoms with Crippen molar-refractivity contribution in [2.24, 2.45) is 76.9 Å². The van der Waals surface area contributed by atoms with Crippen molar-refractivity contribution in [2.45, 2.75) is 139 Å². The van der Waals surface area contributed by atoms with Gasteiger partial charge in [0.1, 0.15) is 0 Å². The van der Waals surface area contributed by atoms with Crippen molar-refractivity contribution in [3.63, 3.8) is 0 Å². The van der Waals surface area contributed by atoms with Gasteiger partial charge in [0.05, 0.1) is 0 Å². The second-order valence-corrected chi connectivity index (χ2v) is 14.3. The van der Waals surface area contributed by atoms with Gasteiger partial charge in [0, 0.05) is 0 Å². The summed E-state index contributed by atoms with van der Waals surface area (Å²) in [6.07, 6.45) is 17.8. The maximum atomic E-state index is 2.69. The van der Waals surface area contributed by atoms with Crippen LogP contribution in [0.5, 0.6) is 0 Å². The molecule has 0 spiro atoms. The fourth-order valence-electron chi connectivity index (χ4n) is 9.81. The molecule has 13 atom stereocenters. The van der Waals surface area contributed by atoms with Crippen molar-refractivity contribution in [2.75, 3.05) is 0 Å². The minimum atomic E-state index is 0.894. The molecule has 3 saturated carbocycles. The third-order valence-electron chi connectivity index (χ3n) is 12.6. The predicted octanol–water partition coefficient (Wildman–Crippen LogP) is 10.9. The lowest BCUT2D eigenvalue weighted by atomic mass is 9.53. The molecule has 0 nitrogen and oxygen atoms in total. The Morgan fingerprint density at radius 1 is 0.647 bits per heavy atom. The average Bonchev–Trinajstić information content (AvgIpc) is 3.11. The monoisotopic (exact) mass is 473 g/mol. The van der Waals surface area contributed by atoms with Crippen molar-refractivity contribution in [1.82, 2.24) is 0 Å². The Bertz CT molecular complexity index is 579. The Balaban J connectivity index is 1.75. The highest BCUT2D eigenvalue weighted by atomic mass is 14.6. The highest BCUT2D eigenvalue weighted by molar-refractivity contribution is 5.01. The Hall–Kier alpha value is 0. The first-order valence-electron chi connectivity index (χ1n) is 16.2. The van der Waals surface area contributed by atoms with Crippen molar-refractivity contribution in [3.8, 4) is 0 Å². The summed E-state index contributed by atoms with van der Waals surface area (Å²) >= 11 is 0. The summed E-state index contributed by atoms with van der Waals surface area (Å²) in [6, 6.07) is 0. The summed E-state index contributed by atoms with van der Waals surface area (Å²) in [5, 5.41) is 0. The summed E-state index contributed by atoms with van der Waals surface area (Å²) in [7, 11) is 0. The van der Waals surface area contributed by atoms with Crippen LogP contribution in [-0.4, -0.2) is 0 Å². The molecule has 0 N–H and O–H groups in total. The fourth-order valence-corrected chi connectivity index (χ4v) is 9.81. The van der Waals surface area contributed by atoms with Crippen molar-refractivity contribution < 1.29 is 0 Å². The summed E-state index contributed by atoms with van der Waals surface area (Å²) in [6.45, 7) is 22.8. The first-order chi connectivity index (χ1) is 16.2. The summed E-state index contributed by atoms with van der Waals surface area (Å²) in [4.78, 5) is 0. The molecular formula is C34H64. The predicted molar refractivity (Wildman–Crippen MR) is 152 cm³/mol. The molecule has 0 amide bonds. The lowest BCUT2D eigenvalue weighted by molar-refractivity contribution is -0.0321. The van der Waals surface area contributed by atoms with Crippen molar-refractivity contribution >= 4 is 0 Å². The van der Waals surface area contributed by atoms with Crippen LogP contribution in [0.1, 0.15) is 139 Å². The zero-order valence-corrected chi connectivity index (χ0v) is 25.0. The van der Waals surface area contributed by atoms with Crippen LogP contribution in [-0.2, 0) is 0 Å². The zero-order chi connectivity index (χ0) is 25.0. The van der Waals surface area contributed by atoms with Crippen LogP contribution in [0.3, 0.4) is 0 Å². The molecule has 13 unspecified atom stereocenters. The standard InChI is InChI=1S/C34H64/c1-10-22(4)24(6)16-18-28-21-29(15-13-14-25(28)7)32-20-27(9)34(30(12-3)23(5)11-2)33-26(8)17-19-31(32)33/h22-34H,10-21H2,1-9H3. The van der Waals surface area contributed by atoms with Gasteiger partial charge in [-0.3, -0.25) is 0 Å². The minimum absolute atomic E-state index is 0.894. The van der Waals surface area contributed by atoms with Crippen molar-refractivity contribution in [3.05, 3.63) is 0 Å². The van der Waals surface area contributed by atoms with E-state index in [0.29, 0.717) is 0 Å².